The van der Waals surface area contributed by atoms with Gasteiger partial charge in [-0.05, 0) is 72.6 Å². The summed E-state index contributed by atoms with van der Waals surface area (Å²) in [6.07, 6.45) is 0. The molecule has 2 aromatic carbocycles. The second-order valence-electron chi connectivity index (χ2n) is 6.78. The maximum absolute atomic E-state index is 13.7. The second-order valence-corrected chi connectivity index (χ2v) is 7.57. The Bertz CT molecular complexity index is 1080. The average molecular weight is 473 g/mol. The number of aromatic nitrogens is 2. The Kier molecular flexibility index (Phi) is 6.99. The Labute approximate surface area is 182 Å². The number of halogens is 2. The number of hydrazone groups is 1. The number of carbonyl (C=O) groups excluding carboxylic acids is 1. The quantitative estimate of drug-likeness (QED) is 0.405. The molecule has 0 saturated heterocycles. The number of amides is 1. The van der Waals surface area contributed by atoms with Gasteiger partial charge in [0.1, 0.15) is 24.7 Å². The van der Waals surface area contributed by atoms with Gasteiger partial charge in [-0.2, -0.15) is 10.2 Å². The Morgan fingerprint density at radius 3 is 2.53 bits per heavy atom. The van der Waals surface area contributed by atoms with Crippen molar-refractivity contribution in [1.82, 2.24) is 15.2 Å². The molecule has 156 valence electrons. The van der Waals surface area contributed by atoms with Crippen LogP contribution in [0.5, 0.6) is 5.75 Å². The van der Waals surface area contributed by atoms with Crippen molar-refractivity contribution in [1.29, 1.82) is 0 Å². The molecule has 1 heterocycles. The Morgan fingerprint density at radius 2 is 1.90 bits per heavy atom. The summed E-state index contributed by atoms with van der Waals surface area (Å²) in [5.74, 6) is 0.0619. The minimum atomic E-state index is -0.291. The van der Waals surface area contributed by atoms with Crippen molar-refractivity contribution >= 4 is 27.5 Å². The van der Waals surface area contributed by atoms with Gasteiger partial charge < -0.3 is 4.74 Å². The number of hydrogen-bond donors (Lipinski definition) is 1. The Hall–Kier alpha value is -3.00. The maximum atomic E-state index is 13.7. The fraction of sp³-hybridized carbons (Fsp3) is 0.227. The number of ether oxygens (including phenoxy) is 1. The average Bonchev–Trinajstić information content (AvgIpc) is 2.98. The number of nitrogens with zero attached hydrogens (tertiary/aromatic N) is 3. The van der Waals surface area contributed by atoms with Crippen molar-refractivity contribution in [3.63, 3.8) is 0 Å². The molecule has 0 bridgehead atoms. The third kappa shape index (κ3) is 5.33. The first-order valence-electron chi connectivity index (χ1n) is 9.34. The van der Waals surface area contributed by atoms with Gasteiger partial charge in [0.2, 0.25) is 0 Å². The van der Waals surface area contributed by atoms with Crippen molar-refractivity contribution in [3.05, 3.63) is 81.3 Å². The van der Waals surface area contributed by atoms with Crippen LogP contribution in [0.2, 0.25) is 0 Å². The monoisotopic (exact) mass is 472 g/mol. The fourth-order valence-corrected chi connectivity index (χ4v) is 3.06. The molecule has 3 aromatic rings. The van der Waals surface area contributed by atoms with Gasteiger partial charge in [0.25, 0.3) is 5.91 Å². The van der Waals surface area contributed by atoms with E-state index in [4.69, 9.17) is 4.74 Å². The summed E-state index contributed by atoms with van der Waals surface area (Å²) in [5, 5.41) is 8.47. The number of aryl methyl sites for hydroxylation is 1. The van der Waals surface area contributed by atoms with Gasteiger partial charge in [0, 0.05) is 5.56 Å². The van der Waals surface area contributed by atoms with E-state index >= 15 is 0 Å². The lowest BCUT2D eigenvalue weighted by molar-refractivity contribution is -0.121. The van der Waals surface area contributed by atoms with Crippen LogP contribution in [0.3, 0.4) is 0 Å². The zero-order valence-corrected chi connectivity index (χ0v) is 18.5. The van der Waals surface area contributed by atoms with Gasteiger partial charge in [-0.1, -0.05) is 18.2 Å². The van der Waals surface area contributed by atoms with E-state index in [0.29, 0.717) is 17.0 Å². The van der Waals surface area contributed by atoms with E-state index in [1.165, 1.54) is 6.07 Å². The van der Waals surface area contributed by atoms with E-state index in [0.717, 1.165) is 21.4 Å². The van der Waals surface area contributed by atoms with Gasteiger partial charge in [-0.25, -0.2) is 9.82 Å². The highest BCUT2D eigenvalue weighted by atomic mass is 79.9. The summed E-state index contributed by atoms with van der Waals surface area (Å²) in [6.45, 7) is 5.80. The van der Waals surface area contributed by atoms with Crippen molar-refractivity contribution in [2.45, 2.75) is 33.9 Å². The number of carbonyl (C=O) groups is 1. The van der Waals surface area contributed by atoms with E-state index in [9.17, 15) is 9.18 Å². The van der Waals surface area contributed by atoms with Crippen LogP contribution in [0, 0.1) is 19.7 Å². The van der Waals surface area contributed by atoms with Crippen LogP contribution in [0.25, 0.3) is 0 Å². The van der Waals surface area contributed by atoms with Crippen molar-refractivity contribution < 1.29 is 13.9 Å². The van der Waals surface area contributed by atoms with E-state index in [-0.39, 0.29) is 24.9 Å². The molecule has 0 unspecified atom stereocenters. The summed E-state index contributed by atoms with van der Waals surface area (Å²) in [5.41, 5.74) is 6.25. The number of benzene rings is 2. The predicted octanol–water partition coefficient (Wildman–Crippen LogP) is 4.52. The van der Waals surface area contributed by atoms with E-state index in [1.807, 2.05) is 26.0 Å². The second kappa shape index (κ2) is 9.67. The molecule has 6 nitrogen and oxygen atoms in total. The molecule has 0 aliphatic heterocycles. The largest absolute Gasteiger partial charge is 0.489 e. The third-order valence-electron chi connectivity index (χ3n) is 4.56. The molecule has 0 saturated carbocycles. The highest BCUT2D eigenvalue weighted by molar-refractivity contribution is 9.10. The molecule has 1 N–H and O–H groups in total. The van der Waals surface area contributed by atoms with Crippen LogP contribution in [-0.2, 0) is 17.9 Å². The zero-order chi connectivity index (χ0) is 21.7. The first kappa shape index (κ1) is 21.7. The third-order valence-corrected chi connectivity index (χ3v) is 5.71. The summed E-state index contributed by atoms with van der Waals surface area (Å²) < 4.78 is 21.8. The van der Waals surface area contributed by atoms with Gasteiger partial charge in [-0.3, -0.25) is 9.48 Å². The van der Waals surface area contributed by atoms with E-state index in [2.05, 4.69) is 31.6 Å². The first-order chi connectivity index (χ1) is 14.3. The van der Waals surface area contributed by atoms with E-state index < -0.39 is 0 Å². The van der Waals surface area contributed by atoms with Crippen LogP contribution in [0.15, 0.2) is 58.1 Å². The van der Waals surface area contributed by atoms with Crippen molar-refractivity contribution in [2.24, 2.45) is 5.10 Å². The lowest BCUT2D eigenvalue weighted by atomic mass is 10.1. The van der Waals surface area contributed by atoms with E-state index in [1.54, 1.807) is 41.9 Å². The number of rotatable bonds is 7. The summed E-state index contributed by atoms with van der Waals surface area (Å²) in [4.78, 5) is 12.2. The molecule has 0 spiro atoms. The molecule has 8 heteroatoms. The highest BCUT2D eigenvalue weighted by Gasteiger charge is 2.11. The first-order valence-corrected chi connectivity index (χ1v) is 10.1. The Balaban J connectivity index is 1.56. The Morgan fingerprint density at radius 1 is 1.20 bits per heavy atom. The molecule has 0 aliphatic carbocycles. The van der Waals surface area contributed by atoms with Crippen LogP contribution in [-0.4, -0.2) is 21.4 Å². The molecule has 0 fully saturated rings. The lowest BCUT2D eigenvalue weighted by Crippen LogP contribution is -2.25. The standard InChI is InChI=1S/C22H22BrFN4O2/c1-14(25-26-21(29)12-28-16(3)22(23)15(2)27-28)17-8-10-19(11-9-17)30-13-18-6-4-5-7-20(18)24/h4-11H,12-13H2,1-3H3,(H,26,29). The van der Waals surface area contributed by atoms with Crippen molar-refractivity contribution in [2.75, 3.05) is 0 Å². The van der Waals surface area contributed by atoms with Crippen LogP contribution in [0.4, 0.5) is 4.39 Å². The smallest absolute Gasteiger partial charge is 0.261 e. The van der Waals surface area contributed by atoms with Gasteiger partial charge >= 0.3 is 0 Å². The highest BCUT2D eigenvalue weighted by Crippen LogP contribution is 2.19. The molecule has 0 atom stereocenters. The molecular weight excluding hydrogens is 451 g/mol. The fourth-order valence-electron chi connectivity index (χ4n) is 2.78. The predicted molar refractivity (Wildman–Crippen MR) is 117 cm³/mol. The van der Waals surface area contributed by atoms with Crippen LogP contribution < -0.4 is 10.2 Å². The molecule has 1 amide bonds. The molecule has 1 aromatic heterocycles. The topological polar surface area (TPSA) is 68.5 Å². The molecule has 30 heavy (non-hydrogen) atoms. The van der Waals surface area contributed by atoms with Crippen LogP contribution in [0.1, 0.15) is 29.4 Å². The minimum absolute atomic E-state index is 0.0812. The van der Waals surface area contributed by atoms with Crippen molar-refractivity contribution in [3.8, 4) is 5.75 Å². The van der Waals surface area contributed by atoms with Crippen LogP contribution >= 0.6 is 15.9 Å². The minimum Gasteiger partial charge on any atom is -0.489 e. The van der Waals surface area contributed by atoms with Gasteiger partial charge in [0.15, 0.2) is 0 Å². The van der Waals surface area contributed by atoms with Gasteiger partial charge in [0.05, 0.1) is 21.6 Å². The molecular formula is C22H22BrFN4O2. The summed E-state index contributed by atoms with van der Waals surface area (Å²) in [7, 11) is 0. The number of nitrogens with one attached hydrogen (secondary N) is 1. The molecule has 0 radical (unpaired) electrons. The lowest BCUT2D eigenvalue weighted by Gasteiger charge is -2.08. The zero-order valence-electron chi connectivity index (χ0n) is 16.9. The maximum Gasteiger partial charge on any atom is 0.261 e. The van der Waals surface area contributed by atoms with Gasteiger partial charge in [-0.15, -0.1) is 0 Å². The SMILES string of the molecule is CC(=NNC(=O)Cn1nc(C)c(Br)c1C)c1ccc(OCc2ccccc2F)cc1. The normalized spacial score (nSPS) is 11.4. The summed E-state index contributed by atoms with van der Waals surface area (Å²) in [6, 6.07) is 13.7. The summed E-state index contributed by atoms with van der Waals surface area (Å²) >= 11 is 3.44. The number of hydrogen-bond acceptors (Lipinski definition) is 4. The molecule has 3 rings (SSSR count). The molecule has 0 aliphatic rings.